The normalized spacial score (nSPS) is 17.9. The summed E-state index contributed by atoms with van der Waals surface area (Å²) in [6.45, 7) is 7.92. The third-order valence-electron chi connectivity index (χ3n) is 4.84. The molecule has 1 aromatic rings. The quantitative estimate of drug-likeness (QED) is 0.836. The molecule has 106 valence electrons. The van der Waals surface area contributed by atoms with Gasteiger partial charge in [0.05, 0.1) is 0 Å². The summed E-state index contributed by atoms with van der Waals surface area (Å²) in [7, 11) is 2.09. The van der Waals surface area contributed by atoms with Crippen LogP contribution in [0.1, 0.15) is 47.9 Å². The van der Waals surface area contributed by atoms with Crippen molar-refractivity contribution < 1.29 is 0 Å². The second-order valence-corrected chi connectivity index (χ2v) is 6.44. The maximum Gasteiger partial charge on any atom is -0.00177 e. The number of aryl methyl sites for hydroxylation is 3. The Morgan fingerprint density at radius 2 is 1.68 bits per heavy atom. The van der Waals surface area contributed by atoms with Crippen molar-refractivity contribution in [3.05, 3.63) is 34.4 Å². The summed E-state index contributed by atoms with van der Waals surface area (Å²) >= 11 is 0. The largest absolute Gasteiger partial charge is 0.319 e. The van der Waals surface area contributed by atoms with Crippen LogP contribution in [0.3, 0.4) is 0 Å². The van der Waals surface area contributed by atoms with Crippen molar-refractivity contribution in [2.24, 2.45) is 11.8 Å². The summed E-state index contributed by atoms with van der Waals surface area (Å²) < 4.78 is 0. The van der Waals surface area contributed by atoms with Crippen LogP contribution in [-0.2, 0) is 6.42 Å². The van der Waals surface area contributed by atoms with E-state index in [1.54, 1.807) is 5.56 Å². The summed E-state index contributed by atoms with van der Waals surface area (Å²) in [4.78, 5) is 0. The van der Waals surface area contributed by atoms with Crippen molar-refractivity contribution in [2.75, 3.05) is 13.6 Å². The number of hydrogen-bond acceptors (Lipinski definition) is 1. The predicted molar refractivity (Wildman–Crippen MR) is 83.7 cm³/mol. The molecule has 1 atom stereocenters. The lowest BCUT2D eigenvalue weighted by Crippen LogP contribution is -2.27. The van der Waals surface area contributed by atoms with Crippen molar-refractivity contribution in [2.45, 2.75) is 52.9 Å². The maximum atomic E-state index is 3.42. The fourth-order valence-electron chi connectivity index (χ4n) is 3.89. The molecule has 1 N–H and O–H groups in total. The second kappa shape index (κ2) is 6.56. The highest BCUT2D eigenvalue weighted by Crippen LogP contribution is 2.34. The Hall–Kier alpha value is -0.820. The van der Waals surface area contributed by atoms with Gasteiger partial charge in [0.15, 0.2) is 0 Å². The van der Waals surface area contributed by atoms with Gasteiger partial charge in [0, 0.05) is 0 Å². The van der Waals surface area contributed by atoms with Gasteiger partial charge in [-0.15, -0.1) is 0 Å². The molecule has 1 unspecified atom stereocenters. The Labute approximate surface area is 118 Å². The van der Waals surface area contributed by atoms with Crippen LogP contribution in [-0.4, -0.2) is 13.6 Å². The molecule has 0 spiro atoms. The van der Waals surface area contributed by atoms with Gasteiger partial charge in [-0.2, -0.15) is 0 Å². The first kappa shape index (κ1) is 14.6. The average molecular weight is 259 g/mol. The first-order valence-corrected chi connectivity index (χ1v) is 7.83. The van der Waals surface area contributed by atoms with Crippen molar-refractivity contribution in [1.29, 1.82) is 0 Å². The number of benzene rings is 1. The molecule has 1 aliphatic carbocycles. The molecule has 0 amide bonds. The van der Waals surface area contributed by atoms with Gasteiger partial charge >= 0.3 is 0 Å². The first-order valence-electron chi connectivity index (χ1n) is 7.83. The molecule has 19 heavy (non-hydrogen) atoms. The lowest BCUT2D eigenvalue weighted by Gasteiger charge is -2.25. The Morgan fingerprint density at radius 3 is 2.21 bits per heavy atom. The third-order valence-corrected chi connectivity index (χ3v) is 4.84. The molecule has 1 aliphatic rings. The van der Waals surface area contributed by atoms with E-state index in [-0.39, 0.29) is 0 Å². The van der Waals surface area contributed by atoms with E-state index in [9.17, 15) is 0 Å². The number of rotatable bonds is 5. The molecule has 0 saturated heterocycles. The fraction of sp³-hybridized carbons (Fsp3) is 0.667. The van der Waals surface area contributed by atoms with Crippen LogP contribution >= 0.6 is 0 Å². The molecule has 0 bridgehead atoms. The lowest BCUT2D eigenvalue weighted by molar-refractivity contribution is 0.327. The fourth-order valence-corrected chi connectivity index (χ4v) is 3.89. The third kappa shape index (κ3) is 3.60. The average Bonchev–Trinajstić information content (AvgIpc) is 2.85. The highest BCUT2D eigenvalue weighted by atomic mass is 14.8. The maximum absolute atomic E-state index is 3.42. The van der Waals surface area contributed by atoms with Gasteiger partial charge in [-0.05, 0) is 69.3 Å². The Bertz CT molecular complexity index is 393. The molecule has 1 nitrogen and oxygen atoms in total. The minimum atomic E-state index is 0.813. The molecular formula is C18H29N. The zero-order valence-corrected chi connectivity index (χ0v) is 13.1. The minimum Gasteiger partial charge on any atom is -0.319 e. The van der Waals surface area contributed by atoms with Crippen molar-refractivity contribution in [1.82, 2.24) is 5.32 Å². The van der Waals surface area contributed by atoms with Gasteiger partial charge in [0.1, 0.15) is 0 Å². The van der Waals surface area contributed by atoms with Crippen molar-refractivity contribution in [3.8, 4) is 0 Å². The highest BCUT2D eigenvalue weighted by molar-refractivity contribution is 5.37. The van der Waals surface area contributed by atoms with E-state index in [2.05, 4.69) is 45.3 Å². The molecule has 0 aromatic heterocycles. The smallest absolute Gasteiger partial charge is 0.00177 e. The van der Waals surface area contributed by atoms with Crippen molar-refractivity contribution in [3.63, 3.8) is 0 Å². The molecule has 0 aliphatic heterocycles. The van der Waals surface area contributed by atoms with E-state index in [1.807, 2.05) is 0 Å². The zero-order chi connectivity index (χ0) is 13.8. The topological polar surface area (TPSA) is 12.0 Å². The van der Waals surface area contributed by atoms with E-state index < -0.39 is 0 Å². The zero-order valence-electron chi connectivity index (χ0n) is 13.1. The highest BCUT2D eigenvalue weighted by Gasteiger charge is 2.25. The lowest BCUT2D eigenvalue weighted by atomic mass is 9.83. The molecule has 1 heteroatoms. The van der Waals surface area contributed by atoms with Gasteiger partial charge in [-0.1, -0.05) is 43.4 Å². The molecule has 1 fully saturated rings. The minimum absolute atomic E-state index is 0.813. The van der Waals surface area contributed by atoms with Crippen LogP contribution in [0.4, 0.5) is 0 Å². The second-order valence-electron chi connectivity index (χ2n) is 6.44. The van der Waals surface area contributed by atoms with Crippen LogP contribution < -0.4 is 5.32 Å². The SMILES string of the molecule is CNCC(Cc1c(C)cc(C)cc1C)C1CCCC1. The molecule has 0 heterocycles. The van der Waals surface area contributed by atoms with Crippen LogP contribution in [0, 0.1) is 32.6 Å². The summed E-state index contributed by atoms with van der Waals surface area (Å²) in [6.07, 6.45) is 7.02. The summed E-state index contributed by atoms with van der Waals surface area (Å²) in [5.74, 6) is 1.75. The van der Waals surface area contributed by atoms with Gasteiger partial charge in [0.2, 0.25) is 0 Å². The van der Waals surface area contributed by atoms with E-state index in [4.69, 9.17) is 0 Å². The molecule has 2 rings (SSSR count). The summed E-state index contributed by atoms with van der Waals surface area (Å²) in [5.41, 5.74) is 5.95. The van der Waals surface area contributed by atoms with E-state index in [0.717, 1.165) is 18.4 Å². The molecular weight excluding hydrogens is 230 g/mol. The summed E-state index contributed by atoms with van der Waals surface area (Å²) in [5, 5.41) is 3.42. The molecule has 1 saturated carbocycles. The standard InChI is InChI=1S/C18H29N/c1-13-9-14(2)18(15(3)10-13)11-17(12-19-4)16-7-5-6-8-16/h9-10,16-17,19H,5-8,11-12H2,1-4H3. The van der Waals surface area contributed by atoms with Crippen molar-refractivity contribution >= 4 is 0 Å². The van der Waals surface area contributed by atoms with Crippen LogP contribution in [0.25, 0.3) is 0 Å². The molecule has 1 aromatic carbocycles. The Balaban J connectivity index is 2.16. The van der Waals surface area contributed by atoms with Crippen LogP contribution in [0.5, 0.6) is 0 Å². The van der Waals surface area contributed by atoms with Gasteiger partial charge in [-0.25, -0.2) is 0 Å². The van der Waals surface area contributed by atoms with E-state index in [1.165, 1.54) is 48.8 Å². The van der Waals surface area contributed by atoms with Crippen LogP contribution in [0.2, 0.25) is 0 Å². The molecule has 0 radical (unpaired) electrons. The van der Waals surface area contributed by atoms with Gasteiger partial charge in [0.25, 0.3) is 0 Å². The first-order chi connectivity index (χ1) is 9.11. The Morgan fingerprint density at radius 1 is 1.11 bits per heavy atom. The van der Waals surface area contributed by atoms with E-state index >= 15 is 0 Å². The van der Waals surface area contributed by atoms with Gasteiger partial charge in [-0.3, -0.25) is 0 Å². The number of nitrogens with one attached hydrogen (secondary N) is 1. The van der Waals surface area contributed by atoms with E-state index in [0.29, 0.717) is 0 Å². The van der Waals surface area contributed by atoms with Crippen LogP contribution in [0.15, 0.2) is 12.1 Å². The monoisotopic (exact) mass is 259 g/mol. The summed E-state index contributed by atoms with van der Waals surface area (Å²) in [6, 6.07) is 4.68. The predicted octanol–water partition coefficient (Wildman–Crippen LogP) is 4.18. The Kier molecular flexibility index (Phi) is 5.04. The van der Waals surface area contributed by atoms with Gasteiger partial charge < -0.3 is 5.32 Å². The number of hydrogen-bond donors (Lipinski definition) is 1.